The van der Waals surface area contributed by atoms with Crippen LogP contribution in [0.2, 0.25) is 0 Å². The van der Waals surface area contributed by atoms with Gasteiger partial charge in [0.2, 0.25) is 0 Å². The predicted octanol–water partition coefficient (Wildman–Crippen LogP) is 7.40. The molecule has 2 aromatic rings. The number of nitrogens with zero attached hydrogens (tertiary/aromatic N) is 2. The summed E-state index contributed by atoms with van der Waals surface area (Å²) in [5.74, 6) is 1.09. The number of aromatic nitrogens is 1. The quantitative estimate of drug-likeness (QED) is 0.312. The van der Waals surface area contributed by atoms with Crippen molar-refractivity contribution in [1.82, 2.24) is 4.98 Å². The molecular formula is C33H50N2O2. The van der Waals surface area contributed by atoms with Crippen LogP contribution in [0.3, 0.4) is 0 Å². The van der Waals surface area contributed by atoms with Gasteiger partial charge in [-0.05, 0) is 96.9 Å². The number of aliphatic hydroxyl groups is 2. The van der Waals surface area contributed by atoms with Crippen LogP contribution < -0.4 is 4.90 Å². The summed E-state index contributed by atoms with van der Waals surface area (Å²) in [6.45, 7) is 12.2. The summed E-state index contributed by atoms with van der Waals surface area (Å²) >= 11 is 0. The Morgan fingerprint density at radius 3 is 2.08 bits per heavy atom. The highest BCUT2D eigenvalue weighted by Crippen LogP contribution is 2.47. The fourth-order valence-corrected chi connectivity index (χ4v) is 6.76. The molecule has 0 atom stereocenters. The number of benzene rings is 1. The largest absolute Gasteiger partial charge is 0.396 e. The zero-order valence-electron chi connectivity index (χ0n) is 23.9. The third kappa shape index (κ3) is 6.57. The Hall–Kier alpha value is -1.91. The first-order valence-corrected chi connectivity index (χ1v) is 14.8. The maximum absolute atomic E-state index is 9.51. The molecular weight excluding hydrogens is 456 g/mol. The number of aliphatic hydroxyl groups excluding tert-OH is 2. The van der Waals surface area contributed by atoms with Gasteiger partial charge in [0.1, 0.15) is 5.82 Å². The summed E-state index contributed by atoms with van der Waals surface area (Å²) in [7, 11) is 0. The van der Waals surface area contributed by atoms with Crippen LogP contribution in [-0.4, -0.2) is 41.5 Å². The monoisotopic (exact) mass is 506 g/mol. The molecule has 2 aliphatic rings. The Morgan fingerprint density at radius 1 is 0.730 bits per heavy atom. The average Bonchev–Trinajstić information content (AvgIpc) is 2.90. The van der Waals surface area contributed by atoms with Gasteiger partial charge in [0, 0.05) is 31.9 Å². The zero-order chi connectivity index (χ0) is 26.5. The summed E-state index contributed by atoms with van der Waals surface area (Å²) in [6, 6.07) is 13.5. The minimum atomic E-state index is 0.196. The lowest BCUT2D eigenvalue weighted by Gasteiger charge is -2.43. The molecule has 0 spiro atoms. The molecule has 2 N–H and O–H groups in total. The summed E-state index contributed by atoms with van der Waals surface area (Å²) in [5, 5.41) is 18.6. The van der Waals surface area contributed by atoms with Gasteiger partial charge in [-0.15, -0.1) is 0 Å². The lowest BCUT2D eigenvalue weighted by Crippen LogP contribution is -2.40. The summed E-state index contributed by atoms with van der Waals surface area (Å²) in [4.78, 5) is 7.64. The molecule has 37 heavy (non-hydrogen) atoms. The Labute approximate surface area is 225 Å². The van der Waals surface area contributed by atoms with E-state index >= 15 is 0 Å². The van der Waals surface area contributed by atoms with Crippen molar-refractivity contribution in [3.05, 3.63) is 47.5 Å². The number of hydrogen-bond acceptors (Lipinski definition) is 4. The van der Waals surface area contributed by atoms with Crippen molar-refractivity contribution in [3.8, 4) is 11.3 Å². The molecule has 1 aromatic carbocycles. The molecule has 2 heterocycles. The number of pyridine rings is 1. The van der Waals surface area contributed by atoms with Gasteiger partial charge in [0.05, 0.1) is 5.69 Å². The van der Waals surface area contributed by atoms with Crippen molar-refractivity contribution in [1.29, 1.82) is 0 Å². The molecule has 4 heteroatoms. The highest BCUT2D eigenvalue weighted by atomic mass is 16.3. The maximum Gasteiger partial charge on any atom is 0.129 e. The van der Waals surface area contributed by atoms with Crippen molar-refractivity contribution in [2.45, 2.75) is 109 Å². The van der Waals surface area contributed by atoms with E-state index in [1.54, 1.807) is 0 Å². The number of anilines is 1. The number of unbranched alkanes of at least 4 members (excludes halogenated alkanes) is 3. The minimum Gasteiger partial charge on any atom is -0.396 e. The second-order valence-electron chi connectivity index (χ2n) is 13.1. The van der Waals surface area contributed by atoms with E-state index in [0.717, 1.165) is 50.3 Å². The Balaban J connectivity index is 1.47. The van der Waals surface area contributed by atoms with E-state index in [1.165, 1.54) is 61.6 Å². The van der Waals surface area contributed by atoms with Gasteiger partial charge in [-0.3, -0.25) is 0 Å². The van der Waals surface area contributed by atoms with E-state index in [0.29, 0.717) is 12.0 Å². The van der Waals surface area contributed by atoms with Crippen LogP contribution in [0.1, 0.15) is 109 Å². The smallest absolute Gasteiger partial charge is 0.129 e. The summed E-state index contributed by atoms with van der Waals surface area (Å²) < 4.78 is 0. The predicted molar refractivity (Wildman–Crippen MR) is 155 cm³/mol. The van der Waals surface area contributed by atoms with E-state index < -0.39 is 0 Å². The number of hydrogen-bond donors (Lipinski definition) is 2. The Bertz CT molecular complexity index is 1020. The zero-order valence-corrected chi connectivity index (χ0v) is 23.9. The molecule has 0 saturated carbocycles. The van der Waals surface area contributed by atoms with Gasteiger partial charge in [0.25, 0.3) is 0 Å². The first kappa shape index (κ1) is 28.1. The second kappa shape index (κ2) is 11.9. The number of rotatable bonds is 11. The van der Waals surface area contributed by atoms with Crippen LogP contribution in [-0.2, 0) is 10.8 Å². The molecule has 4 nitrogen and oxygen atoms in total. The normalized spacial score (nSPS) is 20.0. The van der Waals surface area contributed by atoms with Crippen molar-refractivity contribution in [2.24, 2.45) is 5.41 Å². The summed E-state index contributed by atoms with van der Waals surface area (Å²) in [6.07, 6.45) is 12.5. The van der Waals surface area contributed by atoms with Gasteiger partial charge in [0.15, 0.2) is 0 Å². The first-order chi connectivity index (χ1) is 17.7. The molecule has 0 radical (unpaired) electrons. The van der Waals surface area contributed by atoms with Gasteiger partial charge in [-0.1, -0.05) is 65.2 Å². The lowest BCUT2D eigenvalue weighted by molar-refractivity contribution is 0.153. The molecule has 4 rings (SSSR count). The van der Waals surface area contributed by atoms with Crippen LogP contribution >= 0.6 is 0 Å². The molecule has 1 aliphatic carbocycles. The van der Waals surface area contributed by atoms with Crippen LogP contribution in [0.25, 0.3) is 11.3 Å². The molecule has 0 bridgehead atoms. The third-order valence-corrected chi connectivity index (χ3v) is 9.51. The van der Waals surface area contributed by atoms with Crippen LogP contribution in [0.5, 0.6) is 0 Å². The fourth-order valence-electron chi connectivity index (χ4n) is 6.76. The minimum absolute atomic E-state index is 0.196. The topological polar surface area (TPSA) is 56.6 Å². The highest BCUT2D eigenvalue weighted by Gasteiger charge is 2.37. The first-order valence-electron chi connectivity index (χ1n) is 14.8. The van der Waals surface area contributed by atoms with Crippen LogP contribution in [0, 0.1) is 5.41 Å². The standard InChI is InChI=1S/C33H50N2O2/c1-31(2)17-18-32(3,4)28-25-26(13-14-27(28)31)29-11-9-12-30(34-29)35-21-19-33(20-22-35,16-10-24-37)15-7-5-6-8-23-36/h9,11-14,25,36-37H,5-8,10,15-24H2,1-4H3. The third-order valence-electron chi connectivity index (χ3n) is 9.51. The molecule has 204 valence electrons. The Kier molecular flexibility index (Phi) is 9.01. The molecule has 0 amide bonds. The van der Waals surface area contributed by atoms with Crippen LogP contribution in [0.15, 0.2) is 36.4 Å². The number of piperidine rings is 1. The van der Waals surface area contributed by atoms with Crippen molar-refractivity contribution in [3.63, 3.8) is 0 Å². The molecule has 1 saturated heterocycles. The molecule has 1 aromatic heterocycles. The number of fused-ring (bicyclic) bond motifs is 1. The second-order valence-corrected chi connectivity index (χ2v) is 13.1. The van der Waals surface area contributed by atoms with Gasteiger partial charge in [-0.2, -0.15) is 0 Å². The van der Waals surface area contributed by atoms with Crippen molar-refractivity contribution in [2.75, 3.05) is 31.2 Å². The fraction of sp³-hybridized carbons (Fsp3) is 0.667. The molecule has 1 aliphatic heterocycles. The highest BCUT2D eigenvalue weighted by molar-refractivity contribution is 5.65. The SMILES string of the molecule is CC1(C)CCC(C)(C)c2cc(-c3cccc(N4CCC(CCCO)(CCCCCCO)CC4)n3)ccc21. The van der Waals surface area contributed by atoms with E-state index in [2.05, 4.69) is 69.0 Å². The van der Waals surface area contributed by atoms with Crippen LogP contribution in [0.4, 0.5) is 5.82 Å². The van der Waals surface area contributed by atoms with E-state index in [1.807, 2.05) is 0 Å². The maximum atomic E-state index is 9.51. The van der Waals surface area contributed by atoms with Crippen molar-refractivity contribution < 1.29 is 10.2 Å². The van der Waals surface area contributed by atoms with Crippen molar-refractivity contribution >= 4 is 5.82 Å². The van der Waals surface area contributed by atoms with Gasteiger partial charge >= 0.3 is 0 Å². The van der Waals surface area contributed by atoms with E-state index in [4.69, 9.17) is 10.1 Å². The van der Waals surface area contributed by atoms with Gasteiger partial charge in [-0.25, -0.2) is 4.98 Å². The van der Waals surface area contributed by atoms with Gasteiger partial charge < -0.3 is 15.1 Å². The Morgan fingerprint density at radius 2 is 1.38 bits per heavy atom. The average molecular weight is 507 g/mol. The van der Waals surface area contributed by atoms with E-state index in [-0.39, 0.29) is 17.4 Å². The lowest BCUT2D eigenvalue weighted by atomic mass is 9.63. The molecule has 0 unspecified atom stereocenters. The summed E-state index contributed by atoms with van der Waals surface area (Å²) in [5.41, 5.74) is 6.04. The molecule has 1 fully saturated rings. The van der Waals surface area contributed by atoms with E-state index in [9.17, 15) is 5.11 Å².